The van der Waals surface area contributed by atoms with Crippen molar-refractivity contribution in [3.63, 3.8) is 0 Å². The maximum Gasteiger partial charge on any atom is 0.274 e. The predicted octanol–water partition coefficient (Wildman–Crippen LogP) is 3.31. The van der Waals surface area contributed by atoms with Crippen LogP contribution < -0.4 is 15.5 Å². The molecule has 0 atom stereocenters. The number of amides is 2. The Hall–Kier alpha value is -2.96. The summed E-state index contributed by atoms with van der Waals surface area (Å²) < 4.78 is 0. The molecular weight excluding hydrogens is 330 g/mol. The molecule has 0 spiro atoms. The second-order valence-corrected chi connectivity index (χ2v) is 5.96. The molecule has 2 N–H and O–H groups in total. The van der Waals surface area contributed by atoms with Gasteiger partial charge in [0.25, 0.3) is 5.91 Å². The lowest BCUT2D eigenvalue weighted by Crippen LogP contribution is -2.26. The molecule has 0 aliphatic rings. The third kappa shape index (κ3) is 5.54. The van der Waals surface area contributed by atoms with Gasteiger partial charge < -0.3 is 15.5 Å². The summed E-state index contributed by atoms with van der Waals surface area (Å²) in [5.41, 5.74) is 1.62. The van der Waals surface area contributed by atoms with E-state index in [9.17, 15) is 9.59 Å². The van der Waals surface area contributed by atoms with Gasteiger partial charge in [-0.2, -0.15) is 0 Å². The number of hydrogen-bond acceptors (Lipinski definition) is 5. The molecule has 7 heteroatoms. The number of rotatable bonds is 8. The molecule has 0 fully saturated rings. The van der Waals surface area contributed by atoms with E-state index in [4.69, 9.17) is 0 Å². The largest absolute Gasteiger partial charge is 0.357 e. The molecule has 0 saturated heterocycles. The summed E-state index contributed by atoms with van der Waals surface area (Å²) in [5, 5.41) is 5.49. The fourth-order valence-corrected chi connectivity index (χ4v) is 2.56. The van der Waals surface area contributed by atoms with Crippen molar-refractivity contribution >= 4 is 29.0 Å². The van der Waals surface area contributed by atoms with Crippen LogP contribution in [0.1, 0.15) is 44.1 Å². The van der Waals surface area contributed by atoms with Gasteiger partial charge in [0.2, 0.25) is 5.91 Å². The Balaban J connectivity index is 2.09. The van der Waals surface area contributed by atoms with E-state index in [0.29, 0.717) is 17.1 Å². The fraction of sp³-hybridized carbons (Fsp3) is 0.368. The zero-order chi connectivity index (χ0) is 18.9. The van der Waals surface area contributed by atoms with Gasteiger partial charge in [0.15, 0.2) is 0 Å². The second kappa shape index (κ2) is 9.50. The molecule has 0 aliphatic heterocycles. The summed E-state index contributed by atoms with van der Waals surface area (Å²) in [6.45, 7) is 7.44. The summed E-state index contributed by atoms with van der Waals surface area (Å²) >= 11 is 0. The lowest BCUT2D eigenvalue weighted by atomic mass is 10.2. The Morgan fingerprint density at radius 2 is 1.54 bits per heavy atom. The highest BCUT2D eigenvalue weighted by Crippen LogP contribution is 2.16. The van der Waals surface area contributed by atoms with Crippen molar-refractivity contribution in [2.75, 3.05) is 28.6 Å². The van der Waals surface area contributed by atoms with Gasteiger partial charge in [-0.05, 0) is 37.1 Å². The molecule has 138 valence electrons. The van der Waals surface area contributed by atoms with E-state index < -0.39 is 0 Å². The Labute approximate surface area is 153 Å². The number of anilines is 3. The fourth-order valence-electron chi connectivity index (χ4n) is 2.56. The smallest absolute Gasteiger partial charge is 0.274 e. The van der Waals surface area contributed by atoms with Crippen LogP contribution in [-0.4, -0.2) is 34.9 Å². The number of nitrogens with zero attached hydrogens (tertiary/aromatic N) is 3. The van der Waals surface area contributed by atoms with E-state index in [1.165, 1.54) is 13.3 Å². The third-order valence-corrected chi connectivity index (χ3v) is 3.66. The summed E-state index contributed by atoms with van der Waals surface area (Å²) in [7, 11) is 0. The monoisotopic (exact) mass is 355 g/mol. The van der Waals surface area contributed by atoms with Gasteiger partial charge >= 0.3 is 0 Å². The Morgan fingerprint density at radius 1 is 0.962 bits per heavy atom. The zero-order valence-electron chi connectivity index (χ0n) is 15.5. The molecule has 1 heterocycles. The number of hydrogen-bond donors (Lipinski definition) is 2. The van der Waals surface area contributed by atoms with Crippen LogP contribution in [0, 0.1) is 0 Å². The van der Waals surface area contributed by atoms with Gasteiger partial charge in [0, 0.05) is 37.5 Å². The number of carbonyl (C=O) groups excluding carboxylic acids is 2. The quantitative estimate of drug-likeness (QED) is 0.758. The number of aromatic nitrogens is 2. The normalized spacial score (nSPS) is 10.3. The highest BCUT2D eigenvalue weighted by molar-refractivity contribution is 6.03. The minimum absolute atomic E-state index is 0.140. The molecular formula is C19H25N5O2. The first-order valence-electron chi connectivity index (χ1n) is 8.79. The van der Waals surface area contributed by atoms with Crippen LogP contribution in [0.3, 0.4) is 0 Å². The Kier molecular flexibility index (Phi) is 7.08. The second-order valence-electron chi connectivity index (χ2n) is 5.96. The summed E-state index contributed by atoms with van der Waals surface area (Å²) in [4.78, 5) is 34.1. The highest BCUT2D eigenvalue weighted by Gasteiger charge is 2.12. The summed E-state index contributed by atoms with van der Waals surface area (Å²) in [6.07, 6.45) is 3.43. The molecule has 7 nitrogen and oxygen atoms in total. The van der Waals surface area contributed by atoms with E-state index in [-0.39, 0.29) is 11.8 Å². The van der Waals surface area contributed by atoms with E-state index in [2.05, 4.69) is 39.3 Å². The zero-order valence-corrected chi connectivity index (χ0v) is 15.5. The molecule has 2 rings (SSSR count). The van der Waals surface area contributed by atoms with E-state index >= 15 is 0 Å². The Morgan fingerprint density at radius 3 is 2.08 bits per heavy atom. The van der Waals surface area contributed by atoms with E-state index in [1.807, 2.05) is 0 Å². The first-order chi connectivity index (χ1) is 12.5. The van der Waals surface area contributed by atoms with Crippen molar-refractivity contribution in [3.8, 4) is 0 Å². The van der Waals surface area contributed by atoms with Crippen molar-refractivity contribution in [2.24, 2.45) is 0 Å². The average molecular weight is 355 g/mol. The molecule has 0 bridgehead atoms. The van der Waals surface area contributed by atoms with Crippen LogP contribution in [0.25, 0.3) is 0 Å². The van der Waals surface area contributed by atoms with Crippen molar-refractivity contribution in [3.05, 3.63) is 42.4 Å². The SMILES string of the molecule is CCCN(CCC)c1cc(C(=O)Nc2ccc(NC(C)=O)cc2)ncn1. The van der Waals surface area contributed by atoms with Gasteiger partial charge in [-0.25, -0.2) is 9.97 Å². The predicted molar refractivity (Wildman–Crippen MR) is 104 cm³/mol. The minimum Gasteiger partial charge on any atom is -0.357 e. The molecule has 0 unspecified atom stereocenters. The van der Waals surface area contributed by atoms with Gasteiger partial charge in [-0.1, -0.05) is 13.8 Å². The van der Waals surface area contributed by atoms with Gasteiger partial charge in [0.1, 0.15) is 17.8 Å². The topological polar surface area (TPSA) is 87.2 Å². The number of nitrogens with one attached hydrogen (secondary N) is 2. The van der Waals surface area contributed by atoms with Crippen LogP contribution in [0.5, 0.6) is 0 Å². The summed E-state index contributed by atoms with van der Waals surface area (Å²) in [6, 6.07) is 8.63. The van der Waals surface area contributed by atoms with Crippen LogP contribution in [0.4, 0.5) is 17.2 Å². The van der Waals surface area contributed by atoms with Crippen molar-refractivity contribution in [1.82, 2.24) is 9.97 Å². The lowest BCUT2D eigenvalue weighted by molar-refractivity contribution is -0.114. The molecule has 2 amide bonds. The molecule has 0 saturated carbocycles. The molecule has 2 aromatic rings. The maximum atomic E-state index is 12.5. The summed E-state index contributed by atoms with van der Waals surface area (Å²) in [5.74, 6) is 0.322. The van der Waals surface area contributed by atoms with Crippen LogP contribution in [0.15, 0.2) is 36.7 Å². The van der Waals surface area contributed by atoms with Crippen molar-refractivity contribution in [2.45, 2.75) is 33.6 Å². The third-order valence-electron chi connectivity index (χ3n) is 3.66. The molecule has 1 aromatic carbocycles. The van der Waals surface area contributed by atoms with Gasteiger partial charge in [-0.3, -0.25) is 9.59 Å². The minimum atomic E-state index is -0.297. The van der Waals surface area contributed by atoms with Crippen molar-refractivity contribution in [1.29, 1.82) is 0 Å². The van der Waals surface area contributed by atoms with Crippen LogP contribution in [0.2, 0.25) is 0 Å². The van der Waals surface area contributed by atoms with Gasteiger partial charge in [0.05, 0.1) is 0 Å². The van der Waals surface area contributed by atoms with Crippen molar-refractivity contribution < 1.29 is 9.59 Å². The number of benzene rings is 1. The number of carbonyl (C=O) groups is 2. The standard InChI is InChI=1S/C19H25N5O2/c1-4-10-24(11-5-2)18-12-17(20-13-21-18)19(26)23-16-8-6-15(7-9-16)22-14(3)25/h6-9,12-13H,4-5,10-11H2,1-3H3,(H,22,25)(H,23,26). The molecule has 0 radical (unpaired) electrons. The van der Waals surface area contributed by atoms with E-state index in [1.54, 1.807) is 30.3 Å². The maximum absolute atomic E-state index is 12.5. The molecule has 0 aliphatic carbocycles. The Bertz CT molecular complexity index is 740. The first kappa shape index (κ1) is 19.4. The van der Waals surface area contributed by atoms with Crippen LogP contribution in [-0.2, 0) is 4.79 Å². The van der Waals surface area contributed by atoms with E-state index in [0.717, 1.165) is 31.7 Å². The average Bonchev–Trinajstić information content (AvgIpc) is 2.63. The first-order valence-corrected chi connectivity index (χ1v) is 8.79. The van der Waals surface area contributed by atoms with Crippen LogP contribution >= 0.6 is 0 Å². The highest BCUT2D eigenvalue weighted by atomic mass is 16.2. The molecule has 26 heavy (non-hydrogen) atoms. The lowest BCUT2D eigenvalue weighted by Gasteiger charge is -2.22. The van der Waals surface area contributed by atoms with Gasteiger partial charge in [-0.15, -0.1) is 0 Å². The molecule has 1 aromatic heterocycles.